The van der Waals surface area contributed by atoms with Crippen LogP contribution in [0.3, 0.4) is 0 Å². The zero-order valence-electron chi connectivity index (χ0n) is 12.5. The molecule has 2 bridgehead atoms. The maximum atomic E-state index is 6.25. The fourth-order valence-corrected chi connectivity index (χ4v) is 4.66. The Labute approximate surface area is 117 Å². The second-order valence-electron chi connectivity index (χ2n) is 6.83. The first-order valence-electron chi connectivity index (χ1n) is 7.88. The van der Waals surface area contributed by atoms with Gasteiger partial charge in [-0.2, -0.15) is 0 Å². The molecule has 0 aliphatic carbocycles. The first-order valence-corrected chi connectivity index (χ1v) is 7.88. The molecule has 0 saturated carbocycles. The normalized spacial score (nSPS) is 44.7. The molecule has 3 rings (SSSR count). The van der Waals surface area contributed by atoms with Crippen LogP contribution < -0.4 is 5.73 Å². The van der Waals surface area contributed by atoms with Crippen molar-refractivity contribution in [2.75, 3.05) is 33.8 Å². The third kappa shape index (κ3) is 2.33. The molecule has 0 radical (unpaired) electrons. The van der Waals surface area contributed by atoms with Crippen LogP contribution >= 0.6 is 0 Å². The van der Waals surface area contributed by atoms with Gasteiger partial charge in [0.05, 0.1) is 6.10 Å². The molecule has 110 valence electrons. The predicted molar refractivity (Wildman–Crippen MR) is 77.2 cm³/mol. The number of fused-ring (bicyclic) bond motifs is 2. The first-order chi connectivity index (χ1) is 9.18. The monoisotopic (exact) mass is 267 g/mol. The van der Waals surface area contributed by atoms with Crippen LogP contribution in [0.4, 0.5) is 0 Å². The number of methoxy groups -OCH3 is 1. The van der Waals surface area contributed by atoms with E-state index in [1.807, 2.05) is 7.11 Å². The zero-order chi connectivity index (χ0) is 13.5. The van der Waals surface area contributed by atoms with Crippen LogP contribution in [-0.4, -0.2) is 67.3 Å². The first kappa shape index (κ1) is 13.8. The fourth-order valence-electron chi connectivity index (χ4n) is 4.66. The van der Waals surface area contributed by atoms with Crippen LogP contribution in [0.25, 0.3) is 0 Å². The van der Waals surface area contributed by atoms with Crippen LogP contribution in [0.5, 0.6) is 0 Å². The van der Waals surface area contributed by atoms with Gasteiger partial charge in [-0.1, -0.05) is 0 Å². The third-order valence-electron chi connectivity index (χ3n) is 5.98. The summed E-state index contributed by atoms with van der Waals surface area (Å²) in [6.45, 7) is 3.10. The predicted octanol–water partition coefficient (Wildman–Crippen LogP) is 1.05. The van der Waals surface area contributed by atoms with Crippen LogP contribution in [-0.2, 0) is 4.74 Å². The number of ether oxygens (including phenoxy) is 1. The summed E-state index contributed by atoms with van der Waals surface area (Å²) in [4.78, 5) is 5.27. The van der Waals surface area contributed by atoms with E-state index in [4.69, 9.17) is 10.5 Å². The highest BCUT2D eigenvalue weighted by Gasteiger charge is 2.49. The Kier molecular flexibility index (Phi) is 3.87. The molecule has 3 atom stereocenters. The van der Waals surface area contributed by atoms with Crippen molar-refractivity contribution in [2.45, 2.75) is 62.3 Å². The van der Waals surface area contributed by atoms with Gasteiger partial charge in [0.2, 0.25) is 0 Å². The van der Waals surface area contributed by atoms with E-state index < -0.39 is 0 Å². The molecule has 19 heavy (non-hydrogen) atoms. The van der Waals surface area contributed by atoms with Crippen molar-refractivity contribution in [3.05, 3.63) is 0 Å². The summed E-state index contributed by atoms with van der Waals surface area (Å²) >= 11 is 0. The lowest BCUT2D eigenvalue weighted by Gasteiger charge is -2.53. The SMILES string of the molecule is COC1CCCN(C2(CN)CC3CCC(C2)N3C)C1. The summed E-state index contributed by atoms with van der Waals surface area (Å²) in [6, 6.07) is 1.51. The molecule has 0 aromatic carbocycles. The Balaban J connectivity index is 1.76. The summed E-state index contributed by atoms with van der Waals surface area (Å²) in [6.07, 6.45) is 8.12. The minimum Gasteiger partial charge on any atom is -0.380 e. The Morgan fingerprint density at radius 3 is 2.47 bits per heavy atom. The Hall–Kier alpha value is -0.160. The second-order valence-corrected chi connectivity index (χ2v) is 6.83. The molecule has 0 spiro atoms. The molecular formula is C15H29N3O. The highest BCUT2D eigenvalue weighted by atomic mass is 16.5. The molecule has 3 fully saturated rings. The maximum absolute atomic E-state index is 6.25. The average molecular weight is 267 g/mol. The lowest BCUT2D eigenvalue weighted by molar-refractivity contribution is -0.0522. The van der Waals surface area contributed by atoms with Crippen molar-refractivity contribution in [1.82, 2.24) is 9.80 Å². The van der Waals surface area contributed by atoms with Gasteiger partial charge in [-0.05, 0) is 52.1 Å². The summed E-state index contributed by atoms with van der Waals surface area (Å²) in [5, 5.41) is 0. The van der Waals surface area contributed by atoms with E-state index in [-0.39, 0.29) is 5.54 Å². The molecule has 0 aromatic heterocycles. The van der Waals surface area contributed by atoms with E-state index in [9.17, 15) is 0 Å². The van der Waals surface area contributed by atoms with Crippen molar-refractivity contribution in [3.8, 4) is 0 Å². The molecule has 3 aliphatic rings. The molecule has 3 saturated heterocycles. The highest BCUT2D eigenvalue weighted by Crippen LogP contribution is 2.43. The Morgan fingerprint density at radius 2 is 1.89 bits per heavy atom. The highest BCUT2D eigenvalue weighted by molar-refractivity contribution is 5.07. The zero-order valence-corrected chi connectivity index (χ0v) is 12.5. The van der Waals surface area contributed by atoms with E-state index in [1.165, 1.54) is 45.1 Å². The number of nitrogens with zero attached hydrogens (tertiary/aromatic N) is 2. The lowest BCUT2D eigenvalue weighted by Crippen LogP contribution is -2.64. The average Bonchev–Trinajstić information content (AvgIpc) is 2.69. The van der Waals surface area contributed by atoms with Gasteiger partial charge in [-0.15, -0.1) is 0 Å². The van der Waals surface area contributed by atoms with E-state index in [0.717, 1.165) is 25.2 Å². The minimum atomic E-state index is 0.246. The van der Waals surface area contributed by atoms with Crippen molar-refractivity contribution in [2.24, 2.45) is 5.73 Å². The summed E-state index contributed by atoms with van der Waals surface area (Å²) in [7, 11) is 4.15. The van der Waals surface area contributed by atoms with Gasteiger partial charge in [0, 0.05) is 37.8 Å². The number of piperidine rings is 2. The van der Waals surface area contributed by atoms with Gasteiger partial charge in [0.1, 0.15) is 0 Å². The van der Waals surface area contributed by atoms with Crippen molar-refractivity contribution in [3.63, 3.8) is 0 Å². The standard InChI is InChI=1S/C15H29N3O/c1-17-12-5-6-13(17)9-15(8-12,11-16)18-7-3-4-14(10-18)19-2/h12-14H,3-11,16H2,1-2H3. The molecule has 0 aromatic rings. The molecular weight excluding hydrogens is 238 g/mol. The van der Waals surface area contributed by atoms with Crippen molar-refractivity contribution in [1.29, 1.82) is 0 Å². The molecule has 4 nitrogen and oxygen atoms in total. The molecule has 3 aliphatic heterocycles. The van der Waals surface area contributed by atoms with Crippen LogP contribution in [0, 0.1) is 0 Å². The maximum Gasteiger partial charge on any atom is 0.0698 e. The molecule has 3 unspecified atom stereocenters. The molecule has 0 amide bonds. The van der Waals surface area contributed by atoms with Gasteiger partial charge in [-0.3, -0.25) is 4.90 Å². The Morgan fingerprint density at radius 1 is 1.21 bits per heavy atom. The molecule has 3 heterocycles. The van der Waals surface area contributed by atoms with E-state index in [2.05, 4.69) is 16.8 Å². The minimum absolute atomic E-state index is 0.246. The molecule has 4 heteroatoms. The van der Waals surface area contributed by atoms with Gasteiger partial charge in [0.15, 0.2) is 0 Å². The number of likely N-dealkylation sites (tertiary alicyclic amines) is 1. The van der Waals surface area contributed by atoms with Crippen LogP contribution in [0.2, 0.25) is 0 Å². The third-order valence-corrected chi connectivity index (χ3v) is 5.98. The summed E-state index contributed by atoms with van der Waals surface area (Å²) in [5.41, 5.74) is 6.50. The van der Waals surface area contributed by atoms with E-state index in [0.29, 0.717) is 6.10 Å². The largest absolute Gasteiger partial charge is 0.380 e. The second kappa shape index (κ2) is 5.32. The summed E-state index contributed by atoms with van der Waals surface area (Å²) < 4.78 is 5.60. The number of nitrogens with two attached hydrogens (primary N) is 1. The van der Waals surface area contributed by atoms with Gasteiger partial charge in [0.25, 0.3) is 0 Å². The van der Waals surface area contributed by atoms with Crippen molar-refractivity contribution >= 4 is 0 Å². The lowest BCUT2D eigenvalue weighted by atomic mass is 9.80. The topological polar surface area (TPSA) is 41.7 Å². The van der Waals surface area contributed by atoms with Crippen LogP contribution in [0.15, 0.2) is 0 Å². The quantitative estimate of drug-likeness (QED) is 0.830. The van der Waals surface area contributed by atoms with Crippen LogP contribution in [0.1, 0.15) is 38.5 Å². The number of hydrogen-bond acceptors (Lipinski definition) is 4. The Bertz CT molecular complexity index is 309. The van der Waals surface area contributed by atoms with E-state index in [1.54, 1.807) is 0 Å². The van der Waals surface area contributed by atoms with Crippen molar-refractivity contribution < 1.29 is 4.74 Å². The summed E-state index contributed by atoms with van der Waals surface area (Å²) in [5.74, 6) is 0. The fraction of sp³-hybridized carbons (Fsp3) is 1.00. The van der Waals surface area contributed by atoms with Gasteiger partial charge >= 0.3 is 0 Å². The van der Waals surface area contributed by atoms with E-state index >= 15 is 0 Å². The number of hydrogen-bond donors (Lipinski definition) is 1. The number of rotatable bonds is 3. The molecule has 2 N–H and O–H groups in total. The smallest absolute Gasteiger partial charge is 0.0698 e. The van der Waals surface area contributed by atoms with Gasteiger partial charge in [-0.25, -0.2) is 0 Å². The van der Waals surface area contributed by atoms with Gasteiger partial charge < -0.3 is 15.4 Å².